The summed E-state index contributed by atoms with van der Waals surface area (Å²) in [5.74, 6) is -0.574. The molecule has 32 heavy (non-hydrogen) atoms. The van der Waals surface area contributed by atoms with Crippen molar-refractivity contribution in [1.29, 1.82) is 0 Å². The molecular weight excluding hydrogens is 426 g/mol. The number of amides is 1. The van der Waals surface area contributed by atoms with Gasteiger partial charge in [0, 0.05) is 10.3 Å². The van der Waals surface area contributed by atoms with Gasteiger partial charge in [-0.2, -0.15) is 0 Å². The molecule has 168 valence electrons. The third-order valence-corrected chi connectivity index (χ3v) is 7.95. The Morgan fingerprint density at radius 1 is 1.28 bits per heavy atom. The van der Waals surface area contributed by atoms with Crippen LogP contribution >= 0.6 is 11.3 Å². The highest BCUT2D eigenvalue weighted by molar-refractivity contribution is 7.17. The molecule has 6 nitrogen and oxygen atoms in total. The topological polar surface area (TPSA) is 85.6 Å². The Morgan fingerprint density at radius 3 is 2.75 bits per heavy atom. The minimum atomic E-state index is -0.716. The molecule has 0 saturated carbocycles. The van der Waals surface area contributed by atoms with Crippen LogP contribution in [0.15, 0.2) is 39.5 Å². The van der Waals surface area contributed by atoms with Gasteiger partial charge in [-0.15, -0.1) is 11.3 Å². The molecule has 3 aromatic rings. The number of hydrogen-bond donors (Lipinski definition) is 1. The van der Waals surface area contributed by atoms with Crippen LogP contribution in [0.3, 0.4) is 0 Å². The van der Waals surface area contributed by atoms with Gasteiger partial charge in [0.05, 0.1) is 12.7 Å². The van der Waals surface area contributed by atoms with Gasteiger partial charge in [-0.25, -0.2) is 9.59 Å². The second-order valence-electron chi connectivity index (χ2n) is 8.92. The Balaban J connectivity index is 1.70. The second kappa shape index (κ2) is 8.54. The molecule has 0 bridgehead atoms. The predicted molar refractivity (Wildman–Crippen MR) is 126 cm³/mol. The number of rotatable bonds is 5. The maximum Gasteiger partial charge on any atom is 0.349 e. The lowest BCUT2D eigenvalue weighted by Gasteiger charge is -2.36. The van der Waals surface area contributed by atoms with E-state index in [-0.39, 0.29) is 11.0 Å². The fraction of sp³-hybridized carbons (Fsp3) is 0.400. The maximum absolute atomic E-state index is 13.0. The number of para-hydroxylation sites is 1. The fourth-order valence-electron chi connectivity index (χ4n) is 4.34. The Bertz CT molecular complexity index is 1250. The molecular formula is C25H27NO5S. The molecule has 0 spiro atoms. The summed E-state index contributed by atoms with van der Waals surface area (Å²) in [5.41, 5.74) is 1.15. The van der Waals surface area contributed by atoms with E-state index in [1.165, 1.54) is 24.5 Å². The monoisotopic (exact) mass is 453 g/mol. The summed E-state index contributed by atoms with van der Waals surface area (Å²) < 4.78 is 10.3. The smallest absolute Gasteiger partial charge is 0.349 e. The van der Waals surface area contributed by atoms with Gasteiger partial charge in [0.1, 0.15) is 16.1 Å². The first-order valence-corrected chi connectivity index (χ1v) is 11.6. The highest BCUT2D eigenvalue weighted by Crippen LogP contribution is 2.45. The highest BCUT2D eigenvalue weighted by atomic mass is 32.1. The minimum Gasteiger partial charge on any atom is -0.465 e. The second-order valence-corrected chi connectivity index (χ2v) is 10.0. The van der Waals surface area contributed by atoms with Gasteiger partial charge in [0.25, 0.3) is 5.91 Å². The zero-order valence-electron chi connectivity index (χ0n) is 18.7. The average molecular weight is 454 g/mol. The van der Waals surface area contributed by atoms with Crippen LogP contribution in [0.25, 0.3) is 11.0 Å². The summed E-state index contributed by atoms with van der Waals surface area (Å²) in [4.78, 5) is 39.1. The van der Waals surface area contributed by atoms with E-state index in [1.54, 1.807) is 24.3 Å². The molecule has 1 N–H and O–H groups in total. The van der Waals surface area contributed by atoms with E-state index in [0.29, 0.717) is 27.5 Å². The van der Waals surface area contributed by atoms with Crippen molar-refractivity contribution in [1.82, 2.24) is 0 Å². The van der Waals surface area contributed by atoms with Crippen molar-refractivity contribution in [3.8, 4) is 0 Å². The molecule has 1 aliphatic carbocycles. The van der Waals surface area contributed by atoms with Crippen LogP contribution in [0.4, 0.5) is 5.00 Å². The molecule has 4 rings (SSSR count). The third-order valence-electron chi connectivity index (χ3n) is 6.78. The third kappa shape index (κ3) is 3.97. The zero-order chi connectivity index (χ0) is 23.0. The van der Waals surface area contributed by atoms with Crippen LogP contribution in [0.2, 0.25) is 0 Å². The van der Waals surface area contributed by atoms with Gasteiger partial charge >= 0.3 is 11.6 Å². The van der Waals surface area contributed by atoms with E-state index in [2.05, 4.69) is 26.1 Å². The largest absolute Gasteiger partial charge is 0.465 e. The molecule has 0 saturated heterocycles. The number of benzene rings is 1. The number of carbonyl (C=O) groups excluding carboxylic acids is 2. The van der Waals surface area contributed by atoms with E-state index < -0.39 is 17.5 Å². The summed E-state index contributed by atoms with van der Waals surface area (Å²) in [6.07, 6.45) is 3.68. The van der Waals surface area contributed by atoms with Gasteiger partial charge in [-0.3, -0.25) is 4.79 Å². The van der Waals surface area contributed by atoms with Crippen LogP contribution < -0.4 is 10.9 Å². The molecule has 1 amide bonds. The number of nitrogens with one attached hydrogen (secondary N) is 1. The van der Waals surface area contributed by atoms with E-state index in [4.69, 9.17) is 9.15 Å². The summed E-state index contributed by atoms with van der Waals surface area (Å²) in [7, 11) is 1.34. The van der Waals surface area contributed by atoms with Crippen molar-refractivity contribution < 1.29 is 18.7 Å². The molecule has 2 aromatic heterocycles. The first-order valence-electron chi connectivity index (χ1n) is 10.8. The Hall–Kier alpha value is -2.93. The summed E-state index contributed by atoms with van der Waals surface area (Å²) >= 11 is 1.40. The molecule has 1 aromatic carbocycles. The SMILES string of the molecule is CCC(C)(C)[C@@H]1CCc2c(sc(NC(=O)c3cc4ccccc4oc3=O)c2C(=O)OC)C1. The number of methoxy groups -OCH3 is 1. The number of esters is 1. The van der Waals surface area contributed by atoms with Crippen molar-refractivity contribution in [2.45, 2.75) is 46.5 Å². The molecule has 2 heterocycles. The Morgan fingerprint density at radius 2 is 2.03 bits per heavy atom. The number of thiophene rings is 1. The van der Waals surface area contributed by atoms with Crippen molar-refractivity contribution in [2.75, 3.05) is 12.4 Å². The van der Waals surface area contributed by atoms with Crippen LogP contribution in [0.1, 0.15) is 64.8 Å². The highest BCUT2D eigenvalue weighted by Gasteiger charge is 2.35. The number of carbonyl (C=O) groups is 2. The van der Waals surface area contributed by atoms with E-state index in [1.807, 2.05) is 0 Å². The molecule has 0 unspecified atom stereocenters. The molecule has 0 radical (unpaired) electrons. The number of anilines is 1. The van der Waals surface area contributed by atoms with Crippen LogP contribution in [-0.2, 0) is 17.6 Å². The lowest BCUT2D eigenvalue weighted by molar-refractivity contribution is 0.0600. The zero-order valence-corrected chi connectivity index (χ0v) is 19.6. The van der Waals surface area contributed by atoms with Crippen molar-refractivity contribution in [3.05, 3.63) is 62.3 Å². The van der Waals surface area contributed by atoms with Crippen molar-refractivity contribution >= 4 is 39.2 Å². The van der Waals surface area contributed by atoms with Crippen LogP contribution in [0, 0.1) is 11.3 Å². The van der Waals surface area contributed by atoms with E-state index in [0.717, 1.165) is 36.1 Å². The predicted octanol–water partition coefficient (Wildman–Crippen LogP) is 5.43. The quantitative estimate of drug-likeness (QED) is 0.411. The number of hydrogen-bond acceptors (Lipinski definition) is 6. The Kier molecular flexibility index (Phi) is 5.95. The van der Waals surface area contributed by atoms with Gasteiger partial charge in [0.2, 0.25) is 0 Å². The van der Waals surface area contributed by atoms with Crippen LogP contribution in [0.5, 0.6) is 0 Å². The number of fused-ring (bicyclic) bond motifs is 2. The summed E-state index contributed by atoms with van der Waals surface area (Å²) in [5, 5.41) is 3.87. The maximum atomic E-state index is 13.0. The van der Waals surface area contributed by atoms with Crippen LogP contribution in [-0.4, -0.2) is 19.0 Å². The van der Waals surface area contributed by atoms with Gasteiger partial charge in [-0.1, -0.05) is 45.4 Å². The average Bonchev–Trinajstić information content (AvgIpc) is 3.14. The van der Waals surface area contributed by atoms with Crippen molar-refractivity contribution in [2.24, 2.45) is 11.3 Å². The van der Waals surface area contributed by atoms with Gasteiger partial charge in [0.15, 0.2) is 0 Å². The Labute approximate surface area is 190 Å². The molecule has 1 atom stereocenters. The van der Waals surface area contributed by atoms with Gasteiger partial charge in [-0.05, 0) is 48.3 Å². The summed E-state index contributed by atoms with van der Waals surface area (Å²) in [6.45, 7) is 6.75. The summed E-state index contributed by atoms with van der Waals surface area (Å²) in [6, 6.07) is 8.53. The molecule has 7 heteroatoms. The van der Waals surface area contributed by atoms with E-state index >= 15 is 0 Å². The molecule has 0 aliphatic heterocycles. The first-order chi connectivity index (χ1) is 15.2. The minimum absolute atomic E-state index is 0.101. The molecule has 1 aliphatic rings. The van der Waals surface area contributed by atoms with Gasteiger partial charge < -0.3 is 14.5 Å². The fourth-order valence-corrected chi connectivity index (χ4v) is 5.65. The lowest BCUT2D eigenvalue weighted by atomic mass is 9.69. The number of ether oxygens (including phenoxy) is 1. The standard InChI is InChI=1S/C25H27NO5S/c1-5-25(2,3)15-10-11-16-19(13-15)32-22(20(16)24(29)30-4)26-21(27)17-12-14-8-6-7-9-18(14)31-23(17)28/h6-9,12,15H,5,10-11,13H2,1-4H3,(H,26,27)/t15-/m1/s1. The normalized spacial score (nSPS) is 15.9. The lowest BCUT2D eigenvalue weighted by Crippen LogP contribution is -2.28. The molecule has 0 fully saturated rings. The first kappa shape index (κ1) is 22.3. The van der Waals surface area contributed by atoms with E-state index in [9.17, 15) is 14.4 Å². The van der Waals surface area contributed by atoms with Crippen molar-refractivity contribution in [3.63, 3.8) is 0 Å².